The molecule has 4 amide bonds. The summed E-state index contributed by atoms with van der Waals surface area (Å²) in [7, 11) is 3.57. The zero-order valence-corrected chi connectivity index (χ0v) is 18.1. The lowest BCUT2D eigenvalue weighted by molar-refractivity contribution is -0.127. The van der Waals surface area contributed by atoms with Crippen LogP contribution in [0, 0.1) is 0 Å². The number of anilines is 1. The minimum absolute atomic E-state index is 0.135. The number of aryl methyl sites for hydroxylation is 1. The van der Waals surface area contributed by atoms with E-state index < -0.39 is 12.1 Å². The summed E-state index contributed by atoms with van der Waals surface area (Å²) in [4.78, 5) is 38.5. The number of hydrogen-bond donors (Lipinski definition) is 2. The van der Waals surface area contributed by atoms with Gasteiger partial charge in [-0.05, 0) is 54.8 Å². The molecule has 1 saturated heterocycles. The molecule has 1 aliphatic rings. The van der Waals surface area contributed by atoms with E-state index in [0.29, 0.717) is 12.1 Å². The van der Waals surface area contributed by atoms with Gasteiger partial charge in [0.15, 0.2) is 0 Å². The van der Waals surface area contributed by atoms with E-state index in [2.05, 4.69) is 10.6 Å². The number of fused-ring (bicyclic) bond motifs is 1. The summed E-state index contributed by atoms with van der Waals surface area (Å²) in [6, 6.07) is 14.1. The van der Waals surface area contributed by atoms with E-state index >= 15 is 0 Å². The van der Waals surface area contributed by atoms with Gasteiger partial charge in [0.1, 0.15) is 11.8 Å². The fourth-order valence-corrected chi connectivity index (χ4v) is 3.88. The van der Waals surface area contributed by atoms with Crippen molar-refractivity contribution in [3.8, 4) is 5.75 Å². The maximum Gasteiger partial charge on any atom is 0.324 e. The number of carbonyl (C=O) groups is 3. The fourth-order valence-electron chi connectivity index (χ4n) is 3.88. The molecule has 166 valence electrons. The SMILES string of the molecule is COc1ccc(CCN2C(=O)N[C@@H](CCC(=O)Nc3ccc4c(ccn4C)c3)C2=O)cc1. The number of hydrogen-bond acceptors (Lipinski definition) is 4. The zero-order valence-electron chi connectivity index (χ0n) is 18.1. The van der Waals surface area contributed by atoms with E-state index in [1.165, 1.54) is 4.90 Å². The van der Waals surface area contributed by atoms with Crippen molar-refractivity contribution in [1.29, 1.82) is 0 Å². The number of nitrogens with zero attached hydrogens (tertiary/aromatic N) is 2. The van der Waals surface area contributed by atoms with Crippen LogP contribution in [0.4, 0.5) is 10.5 Å². The van der Waals surface area contributed by atoms with E-state index in [-0.39, 0.29) is 31.2 Å². The number of ether oxygens (including phenoxy) is 1. The van der Waals surface area contributed by atoms with Crippen LogP contribution in [0.5, 0.6) is 5.75 Å². The van der Waals surface area contributed by atoms with Gasteiger partial charge in [0, 0.05) is 42.8 Å². The second-order valence-electron chi connectivity index (χ2n) is 7.88. The van der Waals surface area contributed by atoms with Crippen molar-refractivity contribution in [3.63, 3.8) is 0 Å². The largest absolute Gasteiger partial charge is 0.497 e. The molecule has 1 aliphatic heterocycles. The number of urea groups is 1. The molecule has 1 atom stereocenters. The van der Waals surface area contributed by atoms with E-state index in [1.54, 1.807) is 7.11 Å². The van der Waals surface area contributed by atoms with Gasteiger partial charge in [-0.25, -0.2) is 4.79 Å². The van der Waals surface area contributed by atoms with Crippen molar-refractivity contribution in [2.24, 2.45) is 7.05 Å². The van der Waals surface area contributed by atoms with Crippen molar-refractivity contribution in [2.75, 3.05) is 19.0 Å². The fraction of sp³-hybridized carbons (Fsp3) is 0.292. The molecule has 0 unspecified atom stereocenters. The van der Waals surface area contributed by atoms with Crippen molar-refractivity contribution in [3.05, 3.63) is 60.3 Å². The van der Waals surface area contributed by atoms with E-state index in [1.807, 2.05) is 66.3 Å². The Morgan fingerprint density at radius 2 is 1.91 bits per heavy atom. The molecule has 0 aliphatic carbocycles. The topological polar surface area (TPSA) is 92.7 Å². The van der Waals surface area contributed by atoms with Gasteiger partial charge in [-0.15, -0.1) is 0 Å². The van der Waals surface area contributed by atoms with Gasteiger partial charge in [-0.2, -0.15) is 0 Å². The highest BCUT2D eigenvalue weighted by atomic mass is 16.5. The molecule has 2 aromatic carbocycles. The standard InChI is InChI=1S/C24H26N4O4/c1-27-13-12-17-15-18(5-9-21(17)27)25-22(29)10-8-20-23(30)28(24(31)26-20)14-11-16-3-6-19(32-2)7-4-16/h3-7,9,12-13,15,20H,8,10-11,14H2,1-2H3,(H,25,29)(H,26,31)/t20-/m0/s1. The molecular weight excluding hydrogens is 408 g/mol. The van der Waals surface area contributed by atoms with Gasteiger partial charge in [-0.3, -0.25) is 14.5 Å². The Morgan fingerprint density at radius 3 is 2.66 bits per heavy atom. The first-order chi connectivity index (χ1) is 15.4. The molecule has 32 heavy (non-hydrogen) atoms. The van der Waals surface area contributed by atoms with Crippen molar-refractivity contribution in [1.82, 2.24) is 14.8 Å². The monoisotopic (exact) mass is 434 g/mol. The average molecular weight is 434 g/mol. The first-order valence-electron chi connectivity index (χ1n) is 10.5. The highest BCUT2D eigenvalue weighted by Crippen LogP contribution is 2.20. The van der Waals surface area contributed by atoms with E-state index in [9.17, 15) is 14.4 Å². The van der Waals surface area contributed by atoms with Gasteiger partial charge in [0.25, 0.3) is 5.91 Å². The Kier molecular flexibility index (Phi) is 6.11. The summed E-state index contributed by atoms with van der Waals surface area (Å²) < 4.78 is 7.15. The summed E-state index contributed by atoms with van der Waals surface area (Å²) in [5, 5.41) is 6.59. The van der Waals surface area contributed by atoms with Crippen LogP contribution in [-0.4, -0.2) is 47.0 Å². The lowest BCUT2D eigenvalue weighted by Gasteiger charge is -2.13. The number of rotatable bonds is 8. The van der Waals surface area contributed by atoms with Gasteiger partial charge in [-0.1, -0.05) is 12.1 Å². The molecular formula is C24H26N4O4. The molecule has 1 aromatic heterocycles. The third kappa shape index (κ3) is 4.59. The molecule has 8 heteroatoms. The van der Waals surface area contributed by atoms with Crippen LogP contribution in [0.25, 0.3) is 10.9 Å². The van der Waals surface area contributed by atoms with Crippen LogP contribution in [0.3, 0.4) is 0 Å². The molecule has 2 N–H and O–H groups in total. The Balaban J connectivity index is 1.27. The lowest BCUT2D eigenvalue weighted by Crippen LogP contribution is -2.33. The second kappa shape index (κ2) is 9.13. The van der Waals surface area contributed by atoms with Gasteiger partial charge >= 0.3 is 6.03 Å². The molecule has 3 aromatic rings. The first kappa shape index (κ1) is 21.4. The lowest BCUT2D eigenvalue weighted by atomic mass is 10.1. The smallest absolute Gasteiger partial charge is 0.324 e. The number of benzene rings is 2. The highest BCUT2D eigenvalue weighted by molar-refractivity contribution is 6.04. The Bertz CT molecular complexity index is 1150. The molecule has 1 fully saturated rings. The maximum absolute atomic E-state index is 12.6. The quantitative estimate of drug-likeness (QED) is 0.533. The minimum Gasteiger partial charge on any atom is -0.497 e. The summed E-state index contributed by atoms with van der Waals surface area (Å²) in [6.45, 7) is 0.288. The Morgan fingerprint density at radius 1 is 1.12 bits per heavy atom. The molecule has 0 bridgehead atoms. The van der Waals surface area contributed by atoms with E-state index in [0.717, 1.165) is 22.2 Å². The van der Waals surface area contributed by atoms with Crippen LogP contribution < -0.4 is 15.4 Å². The highest BCUT2D eigenvalue weighted by Gasteiger charge is 2.37. The van der Waals surface area contributed by atoms with Gasteiger partial charge < -0.3 is 19.9 Å². The summed E-state index contributed by atoms with van der Waals surface area (Å²) in [5.74, 6) is 0.270. The summed E-state index contributed by atoms with van der Waals surface area (Å²) in [5.41, 5.74) is 2.79. The van der Waals surface area contributed by atoms with E-state index in [4.69, 9.17) is 4.74 Å². The molecule has 0 spiro atoms. The van der Waals surface area contributed by atoms with Crippen LogP contribution >= 0.6 is 0 Å². The molecule has 0 radical (unpaired) electrons. The predicted octanol–water partition coefficient (Wildman–Crippen LogP) is 3.07. The van der Waals surface area contributed by atoms with Gasteiger partial charge in [0.2, 0.25) is 5.91 Å². The summed E-state index contributed by atoms with van der Waals surface area (Å²) >= 11 is 0. The number of amides is 4. The maximum atomic E-state index is 12.6. The minimum atomic E-state index is -0.680. The third-order valence-corrected chi connectivity index (χ3v) is 5.72. The summed E-state index contributed by atoms with van der Waals surface area (Å²) in [6.07, 6.45) is 2.90. The number of imide groups is 1. The van der Waals surface area contributed by atoms with Crippen LogP contribution in [0.1, 0.15) is 18.4 Å². The molecule has 0 saturated carbocycles. The molecule has 4 rings (SSSR count). The number of aromatic nitrogens is 1. The van der Waals surface area contributed by atoms with Crippen molar-refractivity contribution in [2.45, 2.75) is 25.3 Å². The Hall–Kier alpha value is -3.81. The number of methoxy groups -OCH3 is 1. The number of nitrogens with one attached hydrogen (secondary N) is 2. The normalized spacial score (nSPS) is 15.8. The predicted molar refractivity (Wildman–Crippen MR) is 122 cm³/mol. The third-order valence-electron chi connectivity index (χ3n) is 5.72. The zero-order chi connectivity index (χ0) is 22.7. The average Bonchev–Trinajstić information content (AvgIpc) is 3.29. The van der Waals surface area contributed by atoms with Crippen molar-refractivity contribution < 1.29 is 19.1 Å². The second-order valence-corrected chi connectivity index (χ2v) is 7.88. The van der Waals surface area contributed by atoms with Crippen molar-refractivity contribution >= 4 is 34.4 Å². The van der Waals surface area contributed by atoms with Crippen LogP contribution in [0.2, 0.25) is 0 Å². The first-order valence-corrected chi connectivity index (χ1v) is 10.5. The van der Waals surface area contributed by atoms with Crippen LogP contribution in [0.15, 0.2) is 54.7 Å². The molecule has 2 heterocycles. The molecule has 8 nitrogen and oxygen atoms in total. The Labute approximate surface area is 186 Å². The number of carbonyl (C=O) groups excluding carboxylic acids is 3. The van der Waals surface area contributed by atoms with Gasteiger partial charge in [0.05, 0.1) is 7.11 Å². The van der Waals surface area contributed by atoms with Crippen LogP contribution in [-0.2, 0) is 23.1 Å².